The van der Waals surface area contributed by atoms with Crippen LogP contribution in [-0.4, -0.2) is 63.8 Å². The van der Waals surface area contributed by atoms with Gasteiger partial charge in [0.25, 0.3) is 5.69 Å². The van der Waals surface area contributed by atoms with Crippen molar-refractivity contribution in [3.63, 3.8) is 0 Å². The number of anilines is 1. The molecule has 0 radical (unpaired) electrons. The number of nitrogens with zero attached hydrogens (tertiary/aromatic N) is 2. The lowest BCUT2D eigenvalue weighted by Gasteiger charge is -2.32. The van der Waals surface area contributed by atoms with Crippen LogP contribution in [0.3, 0.4) is 0 Å². The van der Waals surface area contributed by atoms with E-state index in [0.29, 0.717) is 13.2 Å². The number of hydrogen-bond donors (Lipinski definition) is 2. The molecule has 0 spiro atoms. The Balaban J connectivity index is 2.10. The van der Waals surface area contributed by atoms with Crippen molar-refractivity contribution in [3.05, 3.63) is 28.3 Å². The third-order valence-corrected chi connectivity index (χ3v) is 4.50. The lowest BCUT2D eigenvalue weighted by molar-refractivity contribution is -0.384. The fourth-order valence-corrected chi connectivity index (χ4v) is 2.88. The van der Waals surface area contributed by atoms with Gasteiger partial charge in [0.05, 0.1) is 36.2 Å². The number of amides is 1. The van der Waals surface area contributed by atoms with Crippen LogP contribution in [0.1, 0.15) is 0 Å². The molecule has 0 unspecified atom stereocenters. The molecule has 0 saturated carbocycles. The predicted octanol–water partition coefficient (Wildman–Crippen LogP) is 0.121. The summed E-state index contributed by atoms with van der Waals surface area (Å²) in [7, 11) is -2.77. The van der Waals surface area contributed by atoms with Crippen LogP contribution in [-0.2, 0) is 19.5 Å². The molecule has 1 heterocycles. The number of sulfonamides is 1. The Kier molecular flexibility index (Phi) is 5.77. The number of benzene rings is 1. The van der Waals surface area contributed by atoms with E-state index in [1.54, 1.807) is 0 Å². The van der Waals surface area contributed by atoms with Gasteiger partial charge in [-0.2, -0.15) is 0 Å². The van der Waals surface area contributed by atoms with Crippen molar-refractivity contribution < 1.29 is 27.6 Å². The van der Waals surface area contributed by atoms with Crippen molar-refractivity contribution in [2.45, 2.75) is 11.0 Å². The average molecular weight is 374 g/mol. The summed E-state index contributed by atoms with van der Waals surface area (Å²) < 4.78 is 32.8. The van der Waals surface area contributed by atoms with Crippen molar-refractivity contribution in [1.29, 1.82) is 0 Å². The van der Waals surface area contributed by atoms with Gasteiger partial charge in [-0.1, -0.05) is 0 Å². The van der Waals surface area contributed by atoms with Crippen LogP contribution >= 0.6 is 0 Å². The molecule has 1 saturated heterocycles. The third kappa shape index (κ3) is 4.78. The van der Waals surface area contributed by atoms with Gasteiger partial charge in [0.15, 0.2) is 0 Å². The maximum absolute atomic E-state index is 11.5. The fourth-order valence-electron chi connectivity index (χ4n) is 2.35. The number of nitrogens with two attached hydrogens (primary N) is 1. The van der Waals surface area contributed by atoms with E-state index in [0.717, 1.165) is 6.07 Å². The third-order valence-electron chi connectivity index (χ3n) is 3.59. The smallest absolute Gasteiger partial charge is 0.409 e. The zero-order valence-corrected chi connectivity index (χ0v) is 14.2. The molecule has 1 fully saturated rings. The molecule has 11 nitrogen and oxygen atoms in total. The van der Waals surface area contributed by atoms with E-state index in [2.05, 4.69) is 10.1 Å². The lowest BCUT2D eigenvalue weighted by Crippen LogP contribution is -2.47. The van der Waals surface area contributed by atoms with Gasteiger partial charge in [-0.25, -0.2) is 18.4 Å². The first-order valence-electron chi connectivity index (χ1n) is 7.22. The monoisotopic (exact) mass is 374 g/mol. The van der Waals surface area contributed by atoms with E-state index < -0.39 is 32.8 Å². The van der Waals surface area contributed by atoms with E-state index in [1.807, 2.05) is 0 Å². The number of methoxy groups -OCH3 is 1. The van der Waals surface area contributed by atoms with Crippen LogP contribution in [0, 0.1) is 10.1 Å². The first-order chi connectivity index (χ1) is 11.7. The summed E-state index contributed by atoms with van der Waals surface area (Å²) >= 11 is 0. The van der Waals surface area contributed by atoms with Crippen LogP contribution in [0.4, 0.5) is 16.2 Å². The highest BCUT2D eigenvalue weighted by Crippen LogP contribution is 2.27. The largest absolute Gasteiger partial charge is 0.453 e. The van der Waals surface area contributed by atoms with Crippen molar-refractivity contribution in [2.24, 2.45) is 5.14 Å². The van der Waals surface area contributed by atoms with E-state index >= 15 is 0 Å². The standard InChI is InChI=1S/C13H18N4O7S/c1-23-13(18)16-4-5-24-9(8-16)7-15-11-3-2-10(25(14,21)22)6-12(11)17(19)20/h2-3,6,9,15H,4-5,7-8H2,1H3,(H2,14,21,22)/t9-/m1/s1. The van der Waals surface area contributed by atoms with Crippen LogP contribution in [0.5, 0.6) is 0 Å². The van der Waals surface area contributed by atoms with Gasteiger partial charge in [0.2, 0.25) is 10.0 Å². The Hall–Kier alpha value is -2.44. The van der Waals surface area contributed by atoms with Crippen LogP contribution in [0.2, 0.25) is 0 Å². The number of nitro benzene ring substituents is 1. The van der Waals surface area contributed by atoms with E-state index in [4.69, 9.17) is 9.88 Å². The van der Waals surface area contributed by atoms with Crippen LogP contribution in [0.15, 0.2) is 23.1 Å². The maximum Gasteiger partial charge on any atom is 0.409 e. The molecule has 1 atom stereocenters. The highest BCUT2D eigenvalue weighted by atomic mass is 32.2. The van der Waals surface area contributed by atoms with Gasteiger partial charge in [-0.3, -0.25) is 10.1 Å². The fraction of sp³-hybridized carbons (Fsp3) is 0.462. The summed E-state index contributed by atoms with van der Waals surface area (Å²) in [6, 6.07) is 3.33. The van der Waals surface area contributed by atoms with Crippen LogP contribution < -0.4 is 10.5 Å². The van der Waals surface area contributed by atoms with Crippen molar-refractivity contribution in [3.8, 4) is 0 Å². The zero-order valence-electron chi connectivity index (χ0n) is 13.4. The number of nitro groups is 1. The Morgan fingerprint density at radius 2 is 2.28 bits per heavy atom. The van der Waals surface area contributed by atoms with Crippen molar-refractivity contribution in [2.75, 3.05) is 38.7 Å². The summed E-state index contributed by atoms with van der Waals surface area (Å²) in [6.07, 6.45) is -0.873. The highest BCUT2D eigenvalue weighted by Gasteiger charge is 2.26. The number of carbonyl (C=O) groups excluding carboxylic acids is 1. The number of rotatable bonds is 5. The molecule has 1 aliphatic rings. The number of primary sulfonamides is 1. The second-order valence-electron chi connectivity index (χ2n) is 5.27. The van der Waals surface area contributed by atoms with Gasteiger partial charge >= 0.3 is 6.09 Å². The van der Waals surface area contributed by atoms with Crippen molar-refractivity contribution >= 4 is 27.5 Å². The lowest BCUT2D eigenvalue weighted by atomic mass is 10.2. The van der Waals surface area contributed by atoms with E-state index in [1.165, 1.54) is 24.1 Å². The minimum atomic E-state index is -4.05. The molecule has 3 N–H and O–H groups in total. The molecule has 0 bridgehead atoms. The molecule has 1 aromatic carbocycles. The maximum atomic E-state index is 11.5. The topological polar surface area (TPSA) is 154 Å². The van der Waals surface area contributed by atoms with E-state index in [9.17, 15) is 23.3 Å². The molecule has 0 aliphatic carbocycles. The van der Waals surface area contributed by atoms with Gasteiger partial charge in [0, 0.05) is 19.2 Å². The SMILES string of the molecule is COC(=O)N1CCO[C@H](CNc2ccc(S(N)(=O)=O)cc2[N+](=O)[O-])C1. The molecule has 1 aliphatic heterocycles. The molecular weight excluding hydrogens is 356 g/mol. The molecule has 2 rings (SSSR count). The highest BCUT2D eigenvalue weighted by molar-refractivity contribution is 7.89. The first-order valence-corrected chi connectivity index (χ1v) is 8.76. The predicted molar refractivity (Wildman–Crippen MR) is 86.7 cm³/mol. The minimum absolute atomic E-state index is 0.121. The second-order valence-corrected chi connectivity index (χ2v) is 6.83. The normalized spacial score (nSPS) is 17.8. The summed E-state index contributed by atoms with van der Waals surface area (Å²) in [5.74, 6) is 0. The number of morpholine rings is 1. The number of carbonyl (C=O) groups is 1. The average Bonchev–Trinajstić information content (AvgIpc) is 2.58. The molecule has 0 aromatic heterocycles. The Morgan fingerprint density at radius 3 is 2.88 bits per heavy atom. The number of hydrogen-bond acceptors (Lipinski definition) is 8. The molecule has 1 amide bonds. The molecule has 25 heavy (non-hydrogen) atoms. The first kappa shape index (κ1) is 18.9. The van der Waals surface area contributed by atoms with Gasteiger partial charge in [-0.15, -0.1) is 0 Å². The van der Waals surface area contributed by atoms with Gasteiger partial charge in [-0.05, 0) is 12.1 Å². The van der Waals surface area contributed by atoms with Crippen LogP contribution in [0.25, 0.3) is 0 Å². The summed E-state index contributed by atoms with van der Waals surface area (Å²) in [5, 5.41) is 19.0. The minimum Gasteiger partial charge on any atom is -0.453 e. The Labute approximate surface area is 143 Å². The molecular formula is C13H18N4O7S. The Morgan fingerprint density at radius 1 is 1.56 bits per heavy atom. The second kappa shape index (κ2) is 7.63. The Bertz CT molecular complexity index is 768. The zero-order chi connectivity index (χ0) is 18.6. The number of ether oxygens (including phenoxy) is 2. The summed E-state index contributed by atoms with van der Waals surface area (Å²) in [5.41, 5.74) is -0.302. The van der Waals surface area contributed by atoms with E-state index in [-0.39, 0.29) is 23.7 Å². The summed E-state index contributed by atoms with van der Waals surface area (Å²) in [6.45, 7) is 1.16. The van der Waals surface area contributed by atoms with Gasteiger partial charge in [0.1, 0.15) is 5.69 Å². The molecule has 12 heteroatoms. The quantitative estimate of drug-likeness (QED) is 0.544. The van der Waals surface area contributed by atoms with Gasteiger partial charge < -0.3 is 19.7 Å². The molecule has 1 aromatic rings. The number of nitrogens with one attached hydrogen (secondary N) is 1. The summed E-state index contributed by atoms with van der Waals surface area (Å²) in [4.78, 5) is 23.1. The van der Waals surface area contributed by atoms with Crippen molar-refractivity contribution in [1.82, 2.24) is 4.90 Å². The molecule has 138 valence electrons.